The van der Waals surface area contributed by atoms with Gasteiger partial charge in [0.25, 0.3) is 0 Å². The number of hydrogen-bond donors (Lipinski definition) is 3. The zero-order valence-electron chi connectivity index (χ0n) is 11.3. The van der Waals surface area contributed by atoms with E-state index in [1.807, 2.05) is 0 Å². The molecule has 0 unspecified atom stereocenters. The third kappa shape index (κ3) is 3.90. The Morgan fingerprint density at radius 2 is 2.00 bits per heavy atom. The van der Waals surface area contributed by atoms with E-state index in [1.165, 1.54) is 0 Å². The van der Waals surface area contributed by atoms with Crippen molar-refractivity contribution in [1.82, 2.24) is 5.32 Å². The van der Waals surface area contributed by atoms with Crippen LogP contribution >= 0.6 is 0 Å². The van der Waals surface area contributed by atoms with Gasteiger partial charge in [0.2, 0.25) is 0 Å². The van der Waals surface area contributed by atoms with Gasteiger partial charge in [-0.1, -0.05) is 6.42 Å². The largest absolute Gasteiger partial charge is 0.481 e. The Kier molecular flexibility index (Phi) is 4.40. The summed E-state index contributed by atoms with van der Waals surface area (Å²) in [7, 11) is 0. The van der Waals surface area contributed by atoms with Gasteiger partial charge in [-0.15, -0.1) is 0 Å². The van der Waals surface area contributed by atoms with Gasteiger partial charge >= 0.3 is 12.0 Å². The van der Waals surface area contributed by atoms with Crippen LogP contribution in [-0.2, 0) is 4.79 Å². The normalized spacial score (nSPS) is 15.9. The first kappa shape index (κ1) is 15.2. The quantitative estimate of drug-likeness (QED) is 0.782. The first-order valence-electron chi connectivity index (χ1n) is 6.62. The van der Waals surface area contributed by atoms with Crippen LogP contribution in [-0.4, -0.2) is 23.7 Å². The van der Waals surface area contributed by atoms with Crippen molar-refractivity contribution in [3.8, 4) is 0 Å². The second-order valence-corrected chi connectivity index (χ2v) is 5.36. The molecule has 1 aromatic rings. The summed E-state index contributed by atoms with van der Waals surface area (Å²) in [5.74, 6) is -2.31. The summed E-state index contributed by atoms with van der Waals surface area (Å²) in [6.07, 6.45) is 2.37. The van der Waals surface area contributed by atoms with Crippen molar-refractivity contribution < 1.29 is 23.5 Å². The Hall–Kier alpha value is -2.18. The minimum atomic E-state index is -0.909. The van der Waals surface area contributed by atoms with Crippen molar-refractivity contribution in [1.29, 1.82) is 0 Å². The minimum Gasteiger partial charge on any atom is -0.481 e. The minimum absolute atomic E-state index is 0.0123. The summed E-state index contributed by atoms with van der Waals surface area (Å²) >= 11 is 0. The van der Waals surface area contributed by atoms with Gasteiger partial charge in [-0.3, -0.25) is 4.79 Å². The maximum atomic E-state index is 13.4. The molecule has 2 amide bonds. The summed E-state index contributed by atoms with van der Waals surface area (Å²) in [5, 5.41) is 13.6. The maximum Gasteiger partial charge on any atom is 0.319 e. The number of aliphatic carboxylic acids is 1. The van der Waals surface area contributed by atoms with Gasteiger partial charge in [-0.25, -0.2) is 13.6 Å². The van der Waals surface area contributed by atoms with Crippen LogP contribution in [0.4, 0.5) is 19.3 Å². The summed E-state index contributed by atoms with van der Waals surface area (Å²) < 4.78 is 26.3. The summed E-state index contributed by atoms with van der Waals surface area (Å²) in [6, 6.07) is 2.07. The molecule has 0 radical (unpaired) electrons. The second-order valence-electron chi connectivity index (χ2n) is 5.36. The lowest BCUT2D eigenvalue weighted by Gasteiger charge is -2.40. The van der Waals surface area contributed by atoms with Crippen LogP contribution in [0, 0.1) is 17.0 Å². The van der Waals surface area contributed by atoms with Crippen molar-refractivity contribution in [3.05, 3.63) is 29.8 Å². The van der Waals surface area contributed by atoms with Crippen LogP contribution in [0.3, 0.4) is 0 Å². The molecule has 0 heterocycles. The topological polar surface area (TPSA) is 78.4 Å². The van der Waals surface area contributed by atoms with Crippen LogP contribution in [0.5, 0.6) is 0 Å². The standard InChI is InChI=1S/C14H16F2N2O3/c15-9-2-3-10(16)11(6-9)18-13(21)17-8-14(4-1-5-14)7-12(19)20/h2-3,6H,1,4-5,7-8H2,(H,19,20)(H2,17,18,21). The molecule has 1 fully saturated rings. The molecule has 1 saturated carbocycles. The summed E-state index contributed by atoms with van der Waals surface area (Å²) in [6.45, 7) is 0.196. The molecule has 0 spiro atoms. The maximum absolute atomic E-state index is 13.4. The third-order valence-corrected chi connectivity index (χ3v) is 3.74. The summed E-state index contributed by atoms with van der Waals surface area (Å²) in [4.78, 5) is 22.5. The SMILES string of the molecule is O=C(O)CC1(CNC(=O)Nc2cc(F)ccc2F)CCC1. The second kappa shape index (κ2) is 6.07. The van der Waals surface area contributed by atoms with Gasteiger partial charge in [0, 0.05) is 12.6 Å². The van der Waals surface area contributed by atoms with E-state index in [9.17, 15) is 18.4 Å². The van der Waals surface area contributed by atoms with Gasteiger partial charge < -0.3 is 15.7 Å². The molecule has 21 heavy (non-hydrogen) atoms. The highest BCUT2D eigenvalue weighted by Crippen LogP contribution is 2.43. The van der Waals surface area contributed by atoms with Crippen LogP contribution in [0.1, 0.15) is 25.7 Å². The number of hydrogen-bond acceptors (Lipinski definition) is 2. The molecule has 3 N–H and O–H groups in total. The number of benzene rings is 1. The first-order chi connectivity index (χ1) is 9.90. The molecule has 5 nitrogen and oxygen atoms in total. The molecule has 7 heteroatoms. The molecule has 1 aliphatic rings. The molecule has 1 aliphatic carbocycles. The van der Waals surface area contributed by atoms with E-state index in [0.717, 1.165) is 37.5 Å². The molecule has 0 aromatic heterocycles. The average Bonchev–Trinajstić information content (AvgIpc) is 2.36. The fourth-order valence-corrected chi connectivity index (χ4v) is 2.44. The Morgan fingerprint density at radius 3 is 2.57 bits per heavy atom. The predicted octanol–water partition coefficient (Wildman–Crippen LogP) is 2.73. The molecule has 0 saturated heterocycles. The van der Waals surface area contributed by atoms with E-state index >= 15 is 0 Å². The number of rotatable bonds is 5. The molecule has 0 atom stereocenters. The number of carbonyl (C=O) groups excluding carboxylic acids is 1. The van der Waals surface area contributed by atoms with E-state index in [1.54, 1.807) is 0 Å². The third-order valence-electron chi connectivity index (χ3n) is 3.74. The number of urea groups is 1. The lowest BCUT2D eigenvalue weighted by molar-refractivity contribution is -0.141. The molecular weight excluding hydrogens is 282 g/mol. The number of nitrogens with one attached hydrogen (secondary N) is 2. The van der Waals surface area contributed by atoms with Crippen molar-refractivity contribution in [2.75, 3.05) is 11.9 Å². The van der Waals surface area contributed by atoms with Crippen molar-refractivity contribution in [3.63, 3.8) is 0 Å². The van der Waals surface area contributed by atoms with E-state index in [0.29, 0.717) is 0 Å². The van der Waals surface area contributed by atoms with Gasteiger partial charge in [-0.05, 0) is 30.4 Å². The van der Waals surface area contributed by atoms with Crippen molar-refractivity contribution in [2.45, 2.75) is 25.7 Å². The van der Waals surface area contributed by atoms with Crippen LogP contribution in [0.2, 0.25) is 0 Å². The van der Waals surface area contributed by atoms with Crippen LogP contribution in [0.25, 0.3) is 0 Å². The first-order valence-corrected chi connectivity index (χ1v) is 6.62. The molecule has 114 valence electrons. The van der Waals surface area contributed by atoms with Gasteiger partial charge in [0.15, 0.2) is 0 Å². The Balaban J connectivity index is 1.90. The van der Waals surface area contributed by atoms with Crippen LogP contribution < -0.4 is 10.6 Å². The van der Waals surface area contributed by atoms with Crippen molar-refractivity contribution >= 4 is 17.7 Å². The number of halogens is 2. The van der Waals surface area contributed by atoms with Crippen LogP contribution in [0.15, 0.2) is 18.2 Å². The highest BCUT2D eigenvalue weighted by atomic mass is 19.1. The number of amides is 2. The smallest absolute Gasteiger partial charge is 0.319 e. The number of carboxylic acids is 1. The molecular formula is C14H16F2N2O3. The molecule has 0 aliphatic heterocycles. The van der Waals surface area contributed by atoms with E-state index in [4.69, 9.17) is 5.11 Å². The zero-order chi connectivity index (χ0) is 15.5. The van der Waals surface area contributed by atoms with Crippen molar-refractivity contribution in [2.24, 2.45) is 5.41 Å². The highest BCUT2D eigenvalue weighted by molar-refractivity contribution is 5.89. The number of anilines is 1. The molecule has 1 aromatic carbocycles. The zero-order valence-corrected chi connectivity index (χ0v) is 11.3. The van der Waals surface area contributed by atoms with Gasteiger partial charge in [0.1, 0.15) is 11.6 Å². The summed E-state index contributed by atoms with van der Waals surface area (Å²) in [5.41, 5.74) is -0.683. The van der Waals surface area contributed by atoms with Gasteiger partial charge in [-0.2, -0.15) is 0 Å². The van der Waals surface area contributed by atoms with E-state index in [2.05, 4.69) is 10.6 Å². The highest BCUT2D eigenvalue weighted by Gasteiger charge is 2.39. The Bertz CT molecular complexity index is 559. The fourth-order valence-electron chi connectivity index (χ4n) is 2.44. The monoisotopic (exact) mass is 298 g/mol. The van der Waals surface area contributed by atoms with Gasteiger partial charge in [0.05, 0.1) is 12.1 Å². The molecule has 0 bridgehead atoms. The number of carboxylic acid groups (broad SMARTS) is 1. The predicted molar refractivity (Wildman–Crippen MR) is 71.9 cm³/mol. The lowest BCUT2D eigenvalue weighted by atomic mass is 9.66. The lowest BCUT2D eigenvalue weighted by Crippen LogP contribution is -2.44. The Morgan fingerprint density at radius 1 is 1.29 bits per heavy atom. The number of carbonyl (C=O) groups is 2. The van der Waals surface area contributed by atoms with E-state index in [-0.39, 0.29) is 18.7 Å². The van der Waals surface area contributed by atoms with E-state index < -0.39 is 29.0 Å². The Labute approximate surface area is 120 Å². The average molecular weight is 298 g/mol. The molecule has 2 rings (SSSR count). The fraction of sp³-hybridized carbons (Fsp3) is 0.429.